The molecule has 22 heavy (non-hydrogen) atoms. The normalized spacial score (nSPS) is 16.1. The van der Waals surface area contributed by atoms with Crippen molar-refractivity contribution in [2.45, 2.75) is 11.1 Å². The summed E-state index contributed by atoms with van der Waals surface area (Å²) >= 11 is 0. The molecule has 3 rings (SSSR count). The second-order valence-electron chi connectivity index (χ2n) is 4.58. The second kappa shape index (κ2) is 5.68. The Bertz CT molecular complexity index is 807. The molecule has 2 aromatic rings. The van der Waals surface area contributed by atoms with Crippen LogP contribution in [-0.4, -0.2) is 13.4 Å². The maximum Gasteiger partial charge on any atom is 0.238 e. The molecule has 0 radical (unpaired) electrons. The number of nitrogens with zero attached hydrogens (tertiary/aromatic N) is 1. The molecule has 1 fully saturated rings. The molecule has 0 aliphatic carbocycles. The Hall–Kier alpha value is -1.95. The zero-order valence-corrected chi connectivity index (χ0v) is 12.0. The predicted molar refractivity (Wildman–Crippen MR) is 76.3 cm³/mol. The molecule has 116 valence electrons. The zero-order valence-electron chi connectivity index (χ0n) is 11.2. The lowest BCUT2D eigenvalue weighted by molar-refractivity contribution is 0.540. The Kier molecular flexibility index (Phi) is 3.87. The molecule has 10 heteroatoms. The number of sulfonamides is 1. The molecule has 0 unspecified atom stereocenters. The van der Waals surface area contributed by atoms with Gasteiger partial charge < -0.3 is 0 Å². The quantitative estimate of drug-likeness (QED) is 0.489. The lowest BCUT2D eigenvalue weighted by Gasteiger charge is -2.18. The summed E-state index contributed by atoms with van der Waals surface area (Å²) in [6, 6.07) is 8.85. The van der Waals surface area contributed by atoms with Gasteiger partial charge in [-0.1, -0.05) is 18.2 Å². The van der Waals surface area contributed by atoms with Crippen molar-refractivity contribution >= 4 is 10.0 Å². The van der Waals surface area contributed by atoms with Crippen LogP contribution in [0.2, 0.25) is 0 Å². The van der Waals surface area contributed by atoms with Gasteiger partial charge in [0.25, 0.3) is 0 Å². The third-order valence-corrected chi connectivity index (χ3v) is 4.12. The topological polar surface area (TPSA) is 121 Å². The molecule has 1 aromatic heterocycles. The van der Waals surface area contributed by atoms with E-state index in [1.807, 2.05) is 0 Å². The van der Waals surface area contributed by atoms with E-state index < -0.39 is 22.1 Å². The van der Waals surface area contributed by atoms with Crippen molar-refractivity contribution in [2.75, 3.05) is 0 Å². The van der Waals surface area contributed by atoms with Crippen LogP contribution >= 0.6 is 0 Å². The SMILES string of the molecule is NS(=O)(=O)c1cccc(-c2cccc(F)n2)c1C1NNNN1. The number of rotatable bonds is 3. The summed E-state index contributed by atoms with van der Waals surface area (Å²) in [7, 11) is -3.97. The van der Waals surface area contributed by atoms with E-state index in [0.29, 0.717) is 16.8 Å². The molecule has 0 bridgehead atoms. The minimum absolute atomic E-state index is 0.0773. The first-order valence-corrected chi connectivity index (χ1v) is 7.81. The van der Waals surface area contributed by atoms with E-state index in [4.69, 9.17) is 5.14 Å². The maximum absolute atomic E-state index is 13.4. The molecular weight excluding hydrogens is 311 g/mol. The first-order valence-electron chi connectivity index (χ1n) is 6.26. The Labute approximate surface area is 125 Å². The smallest absolute Gasteiger partial charge is 0.225 e. The fourth-order valence-electron chi connectivity index (χ4n) is 2.27. The number of hydrogen-bond donors (Lipinski definition) is 5. The van der Waals surface area contributed by atoms with Gasteiger partial charge in [-0.25, -0.2) is 29.4 Å². The molecular formula is C12H13FN6O2S. The monoisotopic (exact) mass is 324 g/mol. The predicted octanol–water partition coefficient (Wildman–Crippen LogP) is -0.349. The summed E-state index contributed by atoms with van der Waals surface area (Å²) in [6.07, 6.45) is -0.602. The Morgan fingerprint density at radius 1 is 1.09 bits per heavy atom. The van der Waals surface area contributed by atoms with E-state index >= 15 is 0 Å². The van der Waals surface area contributed by atoms with Gasteiger partial charge in [0, 0.05) is 11.1 Å². The highest BCUT2D eigenvalue weighted by Crippen LogP contribution is 2.31. The van der Waals surface area contributed by atoms with E-state index in [9.17, 15) is 12.8 Å². The minimum Gasteiger partial charge on any atom is -0.225 e. The highest BCUT2D eigenvalue weighted by atomic mass is 32.2. The van der Waals surface area contributed by atoms with Gasteiger partial charge in [0.05, 0.1) is 10.6 Å². The zero-order chi connectivity index (χ0) is 15.7. The lowest BCUT2D eigenvalue weighted by Crippen LogP contribution is -2.33. The van der Waals surface area contributed by atoms with Crippen molar-refractivity contribution in [3.8, 4) is 11.3 Å². The number of aromatic nitrogens is 1. The molecule has 0 saturated carbocycles. The van der Waals surface area contributed by atoms with E-state index in [2.05, 4.69) is 26.9 Å². The number of halogens is 1. The average molecular weight is 324 g/mol. The molecule has 0 atom stereocenters. The Morgan fingerprint density at radius 2 is 1.77 bits per heavy atom. The molecule has 0 spiro atoms. The van der Waals surface area contributed by atoms with Crippen molar-refractivity contribution in [2.24, 2.45) is 5.14 Å². The number of hydrazine groups is 3. The van der Waals surface area contributed by atoms with Crippen LogP contribution in [-0.2, 0) is 10.0 Å². The minimum atomic E-state index is -3.97. The molecule has 1 aliphatic heterocycles. The first-order chi connectivity index (χ1) is 10.5. The summed E-state index contributed by atoms with van der Waals surface area (Å²) in [5, 5.41) is 5.28. The van der Waals surface area contributed by atoms with E-state index in [0.717, 1.165) is 0 Å². The molecule has 1 saturated heterocycles. The highest BCUT2D eigenvalue weighted by Gasteiger charge is 2.27. The first kappa shape index (κ1) is 15.0. The van der Waals surface area contributed by atoms with Crippen LogP contribution in [0.25, 0.3) is 11.3 Å². The van der Waals surface area contributed by atoms with Crippen molar-refractivity contribution in [3.63, 3.8) is 0 Å². The van der Waals surface area contributed by atoms with E-state index in [1.165, 1.54) is 24.3 Å². The van der Waals surface area contributed by atoms with E-state index in [1.54, 1.807) is 12.1 Å². The fourth-order valence-corrected chi connectivity index (χ4v) is 3.07. The summed E-state index contributed by atoms with van der Waals surface area (Å²) < 4.78 is 37.1. The second-order valence-corrected chi connectivity index (χ2v) is 6.11. The number of pyridine rings is 1. The van der Waals surface area contributed by atoms with Crippen LogP contribution < -0.4 is 27.1 Å². The van der Waals surface area contributed by atoms with Crippen molar-refractivity contribution < 1.29 is 12.8 Å². The standard InChI is InChI=1S/C12H13FN6O2S/c13-10-6-2-4-8(15-10)7-3-1-5-9(22(14,20)21)11(7)12-16-18-19-17-12/h1-6,12,16-19H,(H2,14,20,21). The van der Waals surface area contributed by atoms with Gasteiger partial charge in [0.1, 0.15) is 6.17 Å². The summed E-state index contributed by atoms with van der Waals surface area (Å²) in [5.74, 6) is -0.659. The number of benzene rings is 1. The lowest BCUT2D eigenvalue weighted by atomic mass is 10.0. The molecule has 0 amide bonds. The van der Waals surface area contributed by atoms with Crippen LogP contribution in [0, 0.1) is 5.95 Å². The highest BCUT2D eigenvalue weighted by molar-refractivity contribution is 7.89. The van der Waals surface area contributed by atoms with Gasteiger partial charge in [-0.05, 0) is 18.2 Å². The van der Waals surface area contributed by atoms with Gasteiger partial charge in [-0.3, -0.25) is 0 Å². The Balaban J connectivity index is 2.25. The summed E-state index contributed by atoms with van der Waals surface area (Å²) in [4.78, 5) is 3.72. The number of hydrogen-bond acceptors (Lipinski definition) is 7. The average Bonchev–Trinajstić information content (AvgIpc) is 2.99. The number of primary sulfonamides is 1. The van der Waals surface area contributed by atoms with Crippen LogP contribution in [0.5, 0.6) is 0 Å². The molecule has 1 aliphatic rings. The fraction of sp³-hybridized carbons (Fsp3) is 0.0833. The van der Waals surface area contributed by atoms with Gasteiger partial charge in [0.2, 0.25) is 16.0 Å². The van der Waals surface area contributed by atoms with Gasteiger partial charge in [-0.2, -0.15) is 15.5 Å². The maximum atomic E-state index is 13.4. The van der Waals surface area contributed by atoms with Gasteiger partial charge >= 0.3 is 0 Å². The van der Waals surface area contributed by atoms with Crippen molar-refractivity contribution in [1.29, 1.82) is 0 Å². The molecule has 1 aromatic carbocycles. The van der Waals surface area contributed by atoms with Crippen LogP contribution in [0.1, 0.15) is 11.7 Å². The van der Waals surface area contributed by atoms with Crippen molar-refractivity contribution in [1.82, 2.24) is 26.9 Å². The summed E-state index contributed by atoms with van der Waals surface area (Å²) in [5.41, 5.74) is 11.9. The number of nitrogens with one attached hydrogen (secondary N) is 4. The molecule has 6 N–H and O–H groups in total. The van der Waals surface area contributed by atoms with Crippen LogP contribution in [0.15, 0.2) is 41.3 Å². The molecule has 2 heterocycles. The van der Waals surface area contributed by atoms with Crippen molar-refractivity contribution in [3.05, 3.63) is 47.9 Å². The third-order valence-electron chi connectivity index (χ3n) is 3.15. The molecule has 8 nitrogen and oxygen atoms in total. The van der Waals surface area contributed by atoms with Gasteiger partial charge in [0.15, 0.2) is 0 Å². The third kappa shape index (κ3) is 2.83. The summed E-state index contributed by atoms with van der Waals surface area (Å²) in [6.45, 7) is 0. The Morgan fingerprint density at radius 3 is 2.41 bits per heavy atom. The largest absolute Gasteiger partial charge is 0.238 e. The van der Waals surface area contributed by atoms with Crippen LogP contribution in [0.3, 0.4) is 0 Å². The van der Waals surface area contributed by atoms with Gasteiger partial charge in [-0.15, -0.1) is 0 Å². The van der Waals surface area contributed by atoms with E-state index in [-0.39, 0.29) is 4.90 Å². The van der Waals surface area contributed by atoms with Crippen LogP contribution in [0.4, 0.5) is 4.39 Å². The number of nitrogens with two attached hydrogens (primary N) is 1.